The van der Waals surface area contributed by atoms with Crippen molar-refractivity contribution in [2.45, 2.75) is 65.5 Å². The average molecular weight is 311 g/mol. The van der Waals surface area contributed by atoms with E-state index in [2.05, 4.69) is 87.6 Å². The molecule has 18 heavy (non-hydrogen) atoms. The molecule has 102 valence electrons. The molecule has 0 aliphatic rings. The summed E-state index contributed by atoms with van der Waals surface area (Å²) in [6.07, 6.45) is 0. The minimum Gasteiger partial charge on any atom is -0.141 e. The Morgan fingerprint density at radius 1 is 0.389 bits per heavy atom. The van der Waals surface area contributed by atoms with Gasteiger partial charge in [-0.05, 0) is 0 Å². The number of hydrogen-bond acceptors (Lipinski definition) is 0. The van der Waals surface area contributed by atoms with E-state index < -0.39 is 31.3 Å². The van der Waals surface area contributed by atoms with Crippen LogP contribution in [0.2, 0.25) is 65.5 Å². The molecule has 0 rings (SSSR count). The van der Waals surface area contributed by atoms with Crippen LogP contribution in [0.5, 0.6) is 0 Å². The summed E-state index contributed by atoms with van der Waals surface area (Å²) in [5.74, 6) is 0. The van der Waals surface area contributed by atoms with Gasteiger partial charge in [-0.1, -0.05) is 65.5 Å². The van der Waals surface area contributed by atoms with Crippen LogP contribution in [0.4, 0.5) is 0 Å². The van der Waals surface area contributed by atoms with Crippen molar-refractivity contribution in [2.24, 2.45) is 0 Å². The van der Waals surface area contributed by atoms with Crippen LogP contribution in [-0.4, -0.2) is 31.3 Å². The highest BCUT2D eigenvalue weighted by atomic mass is 29.3. The Kier molecular flexibility index (Phi) is 5.54. The molecule has 0 atom stereocenters. The first-order valence-corrected chi connectivity index (χ1v) is 20.8. The summed E-state index contributed by atoms with van der Waals surface area (Å²) in [5, 5.41) is 0. The van der Waals surface area contributed by atoms with E-state index in [9.17, 15) is 0 Å². The molecule has 0 aliphatic carbocycles. The van der Waals surface area contributed by atoms with Crippen LogP contribution < -0.4 is 0 Å². The van der Waals surface area contributed by atoms with E-state index in [1.54, 1.807) is 0 Å². The molecular weight excluding hydrogens is 280 g/mol. The maximum Gasteiger partial charge on any atom is 0.137 e. The van der Waals surface area contributed by atoms with Gasteiger partial charge in [-0.15, -0.1) is 22.2 Å². The molecule has 0 heterocycles. The smallest absolute Gasteiger partial charge is 0.137 e. The zero-order valence-electron chi connectivity index (χ0n) is 14.0. The molecule has 4 heteroatoms. The lowest BCUT2D eigenvalue weighted by atomic mass is 11.4. The van der Waals surface area contributed by atoms with Gasteiger partial charge >= 0.3 is 0 Å². The van der Waals surface area contributed by atoms with Gasteiger partial charge in [-0.3, -0.25) is 0 Å². The van der Waals surface area contributed by atoms with Crippen molar-refractivity contribution in [1.29, 1.82) is 0 Å². The molecule has 0 aliphatic heterocycles. The minimum atomic E-state index is -1.48. The van der Waals surface area contributed by atoms with Gasteiger partial charge in [0.25, 0.3) is 0 Å². The van der Waals surface area contributed by atoms with Crippen molar-refractivity contribution < 1.29 is 0 Å². The van der Waals surface area contributed by atoms with E-state index in [1.807, 2.05) is 0 Å². The molecular formula is C14H30Si4. The van der Waals surface area contributed by atoms with Crippen molar-refractivity contribution in [2.75, 3.05) is 0 Å². The summed E-state index contributed by atoms with van der Waals surface area (Å²) >= 11 is 0. The van der Waals surface area contributed by atoms with Crippen LogP contribution in [0.1, 0.15) is 0 Å². The van der Waals surface area contributed by atoms with Crippen LogP contribution in [0.15, 0.2) is 0 Å². The summed E-state index contributed by atoms with van der Waals surface area (Å²) in [6.45, 7) is 23.6. The fraction of sp³-hybridized carbons (Fsp3) is 0.714. The summed E-state index contributed by atoms with van der Waals surface area (Å²) < 4.78 is 0. The number of rotatable bonds is 1. The summed E-state index contributed by atoms with van der Waals surface area (Å²) in [5.41, 5.74) is 14.6. The SMILES string of the molecule is C[Si](C)(C)C#C[Si](C)(C)[Si](C)(C)C#C[Si](C)(C)C. The van der Waals surface area contributed by atoms with Gasteiger partial charge in [0.2, 0.25) is 0 Å². The highest BCUT2D eigenvalue weighted by Gasteiger charge is 2.39. The van der Waals surface area contributed by atoms with E-state index in [4.69, 9.17) is 0 Å². The van der Waals surface area contributed by atoms with Crippen molar-refractivity contribution in [3.05, 3.63) is 0 Å². The van der Waals surface area contributed by atoms with Crippen molar-refractivity contribution >= 4 is 31.3 Å². The quantitative estimate of drug-likeness (QED) is 0.500. The first-order chi connectivity index (χ1) is 7.66. The van der Waals surface area contributed by atoms with Crippen LogP contribution in [0.3, 0.4) is 0 Å². The van der Waals surface area contributed by atoms with Gasteiger partial charge in [0, 0.05) is 0 Å². The van der Waals surface area contributed by atoms with Crippen LogP contribution in [0, 0.1) is 22.2 Å². The molecule has 0 nitrogen and oxygen atoms in total. The average Bonchev–Trinajstić information content (AvgIpc) is 2.10. The van der Waals surface area contributed by atoms with E-state index in [0.717, 1.165) is 0 Å². The fourth-order valence-electron chi connectivity index (χ4n) is 1.00. The molecule has 0 aromatic rings. The molecule has 0 saturated carbocycles. The normalized spacial score (nSPS) is 13.2. The first-order valence-electron chi connectivity index (χ1n) is 6.75. The Balaban J connectivity index is 5.30. The van der Waals surface area contributed by atoms with Gasteiger partial charge in [-0.2, -0.15) is 0 Å². The lowest BCUT2D eigenvalue weighted by Gasteiger charge is -2.29. The Labute approximate surface area is 119 Å². The lowest BCUT2D eigenvalue weighted by Crippen LogP contribution is -2.54. The minimum absolute atomic E-state index is 1.25. The molecule has 0 amide bonds. The van der Waals surface area contributed by atoms with E-state index in [-0.39, 0.29) is 0 Å². The van der Waals surface area contributed by atoms with Gasteiger partial charge in [0.15, 0.2) is 0 Å². The topological polar surface area (TPSA) is 0 Å². The van der Waals surface area contributed by atoms with Crippen LogP contribution in [-0.2, 0) is 0 Å². The first kappa shape index (κ1) is 18.0. The third-order valence-electron chi connectivity index (χ3n) is 3.06. The highest BCUT2D eigenvalue weighted by molar-refractivity contribution is 7.47. The zero-order chi connectivity index (χ0) is 14.8. The summed E-state index contributed by atoms with van der Waals surface area (Å²) in [4.78, 5) is 0. The van der Waals surface area contributed by atoms with E-state index in [1.165, 1.54) is 0 Å². The maximum absolute atomic E-state index is 3.70. The second kappa shape index (κ2) is 5.54. The Morgan fingerprint density at radius 3 is 0.778 bits per heavy atom. The molecule has 0 N–H and O–H groups in total. The molecule has 0 saturated heterocycles. The second-order valence-electron chi connectivity index (χ2n) is 8.25. The number of hydrogen-bond donors (Lipinski definition) is 0. The van der Waals surface area contributed by atoms with Crippen molar-refractivity contribution in [1.82, 2.24) is 0 Å². The lowest BCUT2D eigenvalue weighted by molar-refractivity contribution is 1.80. The largest absolute Gasteiger partial charge is 0.141 e. The fourth-order valence-corrected chi connectivity index (χ4v) is 10.1. The second-order valence-corrected chi connectivity index (χ2v) is 32.2. The Hall–Kier alpha value is -0.0125. The monoisotopic (exact) mass is 310 g/mol. The predicted molar refractivity (Wildman–Crippen MR) is 97.2 cm³/mol. The molecule has 0 aromatic carbocycles. The van der Waals surface area contributed by atoms with E-state index >= 15 is 0 Å². The molecule has 0 aromatic heterocycles. The third kappa shape index (κ3) is 6.80. The zero-order valence-corrected chi connectivity index (χ0v) is 18.0. The van der Waals surface area contributed by atoms with Gasteiger partial charge < -0.3 is 0 Å². The van der Waals surface area contributed by atoms with Gasteiger partial charge in [-0.25, -0.2) is 0 Å². The Bertz CT molecular complexity index is 369. The van der Waals surface area contributed by atoms with Crippen LogP contribution >= 0.6 is 0 Å². The summed E-state index contributed by atoms with van der Waals surface area (Å²) in [7, 11) is -5.46. The van der Waals surface area contributed by atoms with E-state index in [0.29, 0.717) is 0 Å². The summed E-state index contributed by atoms with van der Waals surface area (Å²) in [6, 6.07) is 0. The molecule has 0 radical (unpaired) electrons. The predicted octanol–water partition coefficient (Wildman–Crippen LogP) is 4.32. The van der Waals surface area contributed by atoms with Crippen molar-refractivity contribution in [3.63, 3.8) is 0 Å². The molecule has 0 unspecified atom stereocenters. The van der Waals surface area contributed by atoms with Gasteiger partial charge in [0.1, 0.15) is 31.3 Å². The van der Waals surface area contributed by atoms with Crippen molar-refractivity contribution in [3.8, 4) is 22.2 Å². The maximum atomic E-state index is 3.70. The van der Waals surface area contributed by atoms with Gasteiger partial charge in [0.05, 0.1) is 0 Å². The highest BCUT2D eigenvalue weighted by Crippen LogP contribution is 2.18. The Morgan fingerprint density at radius 2 is 0.611 bits per heavy atom. The molecule has 0 fully saturated rings. The third-order valence-corrected chi connectivity index (χ3v) is 20.1. The standard InChI is InChI=1S/C14H30Si4/c1-15(2,3)11-13-17(7,8)18(9,10)14-12-16(4,5)6/h1-10H3. The molecule has 0 spiro atoms. The van der Waals surface area contributed by atoms with Crippen LogP contribution in [0.25, 0.3) is 0 Å². The molecule has 0 bridgehead atoms.